The molecule has 0 N–H and O–H groups in total. The van der Waals surface area contributed by atoms with E-state index in [4.69, 9.17) is 37.9 Å². The van der Waals surface area contributed by atoms with Crippen molar-refractivity contribution in [1.82, 2.24) is 0 Å². The lowest BCUT2D eigenvalue weighted by molar-refractivity contribution is -0.167. The van der Waals surface area contributed by atoms with Crippen LogP contribution < -0.4 is 0 Å². The number of fused-ring (bicyclic) bond motifs is 3. The third-order valence-electron chi connectivity index (χ3n) is 14.3. The molecule has 0 aromatic heterocycles. The lowest BCUT2D eigenvalue weighted by Crippen LogP contribution is -2.34. The van der Waals surface area contributed by atoms with Crippen molar-refractivity contribution in [2.45, 2.75) is 24.7 Å². The van der Waals surface area contributed by atoms with Gasteiger partial charge in [-0.3, -0.25) is 9.59 Å². The lowest BCUT2D eigenvalue weighted by Gasteiger charge is -2.18. The van der Waals surface area contributed by atoms with Gasteiger partial charge in [-0.05, 0) is 132 Å². The van der Waals surface area contributed by atoms with Gasteiger partial charge in [-0.1, -0.05) is 36.4 Å². The van der Waals surface area contributed by atoms with Crippen LogP contribution in [0.25, 0.3) is 86.2 Å². The summed E-state index contributed by atoms with van der Waals surface area (Å²) in [5, 5.41) is 21.7. The molecule has 1 saturated carbocycles. The minimum absolute atomic E-state index is 0.0118. The molecular formula is C49H42O10. The third kappa shape index (κ3) is 4.27. The van der Waals surface area contributed by atoms with Crippen molar-refractivity contribution in [2.75, 3.05) is 93.5 Å². The van der Waals surface area contributed by atoms with Crippen LogP contribution in [0.1, 0.15) is 45.2 Å². The molecule has 4 aliphatic rings. The first-order valence-electron chi connectivity index (χ1n) is 21.0. The minimum atomic E-state index is -1.55. The van der Waals surface area contributed by atoms with Crippen LogP contribution in [0.2, 0.25) is 0 Å². The van der Waals surface area contributed by atoms with E-state index in [1.165, 1.54) is 108 Å². The van der Waals surface area contributed by atoms with Crippen LogP contribution in [0.5, 0.6) is 0 Å². The molecule has 2 atom stereocenters. The fourth-order valence-electron chi connectivity index (χ4n) is 12.3. The highest BCUT2D eigenvalue weighted by Crippen LogP contribution is 2.77. The summed E-state index contributed by atoms with van der Waals surface area (Å²) in [7, 11) is 3.26. The summed E-state index contributed by atoms with van der Waals surface area (Å²) >= 11 is 0. The van der Waals surface area contributed by atoms with Gasteiger partial charge in [0.05, 0.1) is 66.1 Å². The molecule has 10 heteroatoms. The Morgan fingerprint density at radius 1 is 0.441 bits per heavy atom. The topological polar surface area (TPSA) is 108 Å². The Hall–Kier alpha value is -4.94. The molecule has 4 aliphatic carbocycles. The van der Waals surface area contributed by atoms with Gasteiger partial charge in [-0.25, -0.2) is 0 Å². The molecule has 0 amide bonds. The summed E-state index contributed by atoms with van der Waals surface area (Å²) in [6.07, 6.45) is 1.64. The maximum atomic E-state index is 14.8. The standard InChI is InChI=1S/C49H42O10/c1-52-5-7-54-9-11-56-13-15-58-47(50)49(48(51)59-16-14-57-12-10-55-8-6-53-2)45-29-21-27-19-25-17-23-3-4-24-18-26-20-28-22-30(46(45)49)38-37(29)41-35(27)33(25)39-31(23)32(24)40-34(26)36(28)42(38)44(41)43(39)40/h3-4,17-18,21-22,45-46H,5-16,19-20H2,1-2H3/t45-,46+. The molecular weight excluding hydrogens is 749 g/mol. The van der Waals surface area contributed by atoms with Crippen molar-refractivity contribution in [1.29, 1.82) is 0 Å². The van der Waals surface area contributed by atoms with Crippen LogP contribution in [-0.2, 0) is 60.3 Å². The van der Waals surface area contributed by atoms with Gasteiger partial charge in [0.1, 0.15) is 13.2 Å². The smallest absolute Gasteiger partial charge is 0.324 e. The predicted octanol–water partition coefficient (Wildman–Crippen LogP) is 7.54. The first-order chi connectivity index (χ1) is 29.1. The maximum absolute atomic E-state index is 14.8. The van der Waals surface area contributed by atoms with E-state index < -0.39 is 29.2 Å². The molecule has 0 unspecified atom stereocenters. The van der Waals surface area contributed by atoms with Gasteiger partial charge in [0.2, 0.25) is 0 Å². The number of benzene rings is 7. The van der Waals surface area contributed by atoms with Crippen LogP contribution in [0, 0.1) is 5.41 Å². The number of carbonyl (C=O) groups excluding carboxylic acids is 2. The second-order valence-corrected chi connectivity index (χ2v) is 17.0. The lowest BCUT2D eigenvalue weighted by atomic mass is 9.87. The van der Waals surface area contributed by atoms with E-state index in [-0.39, 0.29) is 26.4 Å². The highest BCUT2D eigenvalue weighted by atomic mass is 16.6. The molecule has 0 radical (unpaired) electrons. The Morgan fingerprint density at radius 2 is 0.780 bits per heavy atom. The summed E-state index contributed by atoms with van der Waals surface area (Å²) < 4.78 is 44.7. The monoisotopic (exact) mass is 790 g/mol. The first kappa shape index (κ1) is 34.9. The van der Waals surface area contributed by atoms with Crippen LogP contribution in [0.4, 0.5) is 0 Å². The highest BCUT2D eigenvalue weighted by Gasteiger charge is 2.79. The van der Waals surface area contributed by atoms with Crippen molar-refractivity contribution in [3.05, 3.63) is 69.8 Å². The van der Waals surface area contributed by atoms with Crippen LogP contribution >= 0.6 is 0 Å². The van der Waals surface area contributed by atoms with Crippen LogP contribution in [0.3, 0.4) is 0 Å². The molecule has 9 aromatic rings. The number of hydrogen-bond acceptors (Lipinski definition) is 10. The number of methoxy groups -OCH3 is 2. The molecule has 0 spiro atoms. The summed E-state index contributed by atoms with van der Waals surface area (Å²) in [5.41, 5.74) is 5.89. The molecule has 13 rings (SSSR count). The average Bonchev–Trinajstić information content (AvgIpc) is 3.54. The molecule has 9 aromatic carbocycles. The SMILES string of the molecule is COCCOCCOCCOC(=O)C1(C(=O)OCCOCCOCCOC)[C@@H]2c3cc4c5c6c(cc7ccc8cc9c%10c%11c(cc(c%12c3c5c(c%12%11)c3c6c7c8c%103)[C@@H]21)C9)C4. The number of rotatable bonds is 20. The van der Waals surface area contributed by atoms with E-state index in [1.807, 2.05) is 0 Å². The number of esters is 2. The molecule has 59 heavy (non-hydrogen) atoms. The normalized spacial score (nSPS) is 18.3. The second-order valence-electron chi connectivity index (χ2n) is 17.0. The van der Waals surface area contributed by atoms with E-state index in [2.05, 4.69) is 36.4 Å². The van der Waals surface area contributed by atoms with Gasteiger partial charge >= 0.3 is 11.9 Å². The summed E-state index contributed by atoms with van der Waals surface area (Å²) in [5.74, 6) is -1.96. The van der Waals surface area contributed by atoms with Gasteiger partial charge in [0.15, 0.2) is 5.41 Å². The molecule has 0 saturated heterocycles. The van der Waals surface area contributed by atoms with E-state index >= 15 is 0 Å². The Labute approximate surface area is 338 Å². The zero-order valence-corrected chi connectivity index (χ0v) is 33.1. The van der Waals surface area contributed by atoms with E-state index in [1.54, 1.807) is 14.2 Å². The maximum Gasteiger partial charge on any atom is 0.324 e. The van der Waals surface area contributed by atoms with Crippen molar-refractivity contribution in [3.8, 4) is 0 Å². The molecule has 1 fully saturated rings. The molecule has 0 aliphatic heterocycles. The summed E-state index contributed by atoms with van der Waals surface area (Å²) in [6.45, 7) is 3.89. The number of carbonyl (C=O) groups is 2. The molecule has 10 nitrogen and oxygen atoms in total. The second kappa shape index (κ2) is 12.5. The number of ether oxygens (including phenoxy) is 8. The fourth-order valence-corrected chi connectivity index (χ4v) is 12.3. The largest absolute Gasteiger partial charge is 0.462 e. The summed E-state index contributed by atoms with van der Waals surface area (Å²) in [4.78, 5) is 29.6. The van der Waals surface area contributed by atoms with Crippen molar-refractivity contribution in [3.63, 3.8) is 0 Å². The number of hydrogen-bond donors (Lipinski definition) is 0. The van der Waals surface area contributed by atoms with Crippen molar-refractivity contribution >= 4 is 98.1 Å². The van der Waals surface area contributed by atoms with Crippen LogP contribution in [0.15, 0.2) is 36.4 Å². The van der Waals surface area contributed by atoms with Gasteiger partial charge in [-0.15, -0.1) is 0 Å². The van der Waals surface area contributed by atoms with E-state index in [0.29, 0.717) is 52.9 Å². The van der Waals surface area contributed by atoms with Gasteiger partial charge in [0, 0.05) is 26.1 Å². The van der Waals surface area contributed by atoms with Crippen LogP contribution in [-0.4, -0.2) is 105 Å². The van der Waals surface area contributed by atoms with Gasteiger partial charge < -0.3 is 37.9 Å². The van der Waals surface area contributed by atoms with Crippen molar-refractivity contribution < 1.29 is 47.5 Å². The van der Waals surface area contributed by atoms with E-state index in [0.717, 1.165) is 24.0 Å². The minimum Gasteiger partial charge on any atom is -0.462 e. The van der Waals surface area contributed by atoms with E-state index in [9.17, 15) is 9.59 Å². The Kier molecular flexibility index (Phi) is 7.42. The molecule has 298 valence electrons. The summed E-state index contributed by atoms with van der Waals surface area (Å²) in [6, 6.07) is 14.2. The highest BCUT2D eigenvalue weighted by molar-refractivity contribution is 6.58. The Bertz CT molecular complexity index is 2960. The Balaban J connectivity index is 0.921. The van der Waals surface area contributed by atoms with Gasteiger partial charge in [0.25, 0.3) is 0 Å². The van der Waals surface area contributed by atoms with Crippen molar-refractivity contribution in [2.24, 2.45) is 5.41 Å². The first-order valence-corrected chi connectivity index (χ1v) is 21.0. The predicted molar refractivity (Wildman–Crippen MR) is 225 cm³/mol. The van der Waals surface area contributed by atoms with Gasteiger partial charge in [-0.2, -0.15) is 0 Å². The Morgan fingerprint density at radius 3 is 1.19 bits per heavy atom. The quantitative estimate of drug-likeness (QED) is 0.0333. The molecule has 0 heterocycles. The average molecular weight is 791 g/mol. The molecule has 0 bridgehead atoms. The zero-order valence-electron chi connectivity index (χ0n) is 33.1. The third-order valence-corrected chi connectivity index (χ3v) is 14.3. The zero-order chi connectivity index (χ0) is 39.3. The fraction of sp³-hybridized carbons (Fsp3) is 0.388.